The van der Waals surface area contributed by atoms with Gasteiger partial charge >= 0.3 is 0 Å². The molecule has 0 amide bonds. The summed E-state index contributed by atoms with van der Waals surface area (Å²) in [4.78, 5) is 9.35. The summed E-state index contributed by atoms with van der Waals surface area (Å²) in [5, 5.41) is 0. The van der Waals surface area contributed by atoms with Gasteiger partial charge in [-0.15, -0.1) is 0 Å². The fourth-order valence-corrected chi connectivity index (χ4v) is 2.67. The summed E-state index contributed by atoms with van der Waals surface area (Å²) >= 11 is 4.97. The molecule has 0 atom stereocenters. The monoisotopic (exact) mass is 278 g/mol. The van der Waals surface area contributed by atoms with Crippen LogP contribution in [0.15, 0.2) is 18.3 Å². The number of piperidine rings is 1. The summed E-state index contributed by atoms with van der Waals surface area (Å²) in [6, 6.07) is 4.69. The van der Waals surface area contributed by atoms with Gasteiger partial charge in [-0.05, 0) is 57.7 Å². The summed E-state index contributed by atoms with van der Waals surface area (Å²) < 4.78 is 0. The van der Waals surface area contributed by atoms with Gasteiger partial charge in [0.15, 0.2) is 0 Å². The molecule has 0 saturated carbocycles. The first-order valence-electron chi connectivity index (χ1n) is 6.70. The van der Waals surface area contributed by atoms with E-state index in [0.29, 0.717) is 16.7 Å². The van der Waals surface area contributed by atoms with Crippen LogP contribution in [0, 0.1) is 0 Å². The Balaban J connectivity index is 1.96. The van der Waals surface area contributed by atoms with Crippen molar-refractivity contribution in [2.45, 2.75) is 25.4 Å². The Morgan fingerprint density at radius 1 is 1.53 bits per heavy atom. The fourth-order valence-electron chi connectivity index (χ4n) is 2.56. The van der Waals surface area contributed by atoms with E-state index in [1.165, 1.54) is 31.5 Å². The molecule has 0 unspecified atom stereocenters. The first kappa shape index (κ1) is 14.4. The van der Waals surface area contributed by atoms with Gasteiger partial charge in [-0.25, -0.2) is 0 Å². The second-order valence-electron chi connectivity index (χ2n) is 5.36. The van der Waals surface area contributed by atoms with Gasteiger partial charge in [0, 0.05) is 18.8 Å². The Morgan fingerprint density at radius 2 is 2.21 bits per heavy atom. The lowest BCUT2D eigenvalue weighted by atomic mass is 10.0. The van der Waals surface area contributed by atoms with E-state index in [4.69, 9.17) is 18.0 Å². The molecular formula is C14H22N4S. The normalized spacial score (nSPS) is 17.8. The summed E-state index contributed by atoms with van der Waals surface area (Å²) in [6.45, 7) is 3.29. The van der Waals surface area contributed by atoms with Crippen LogP contribution in [0.4, 0.5) is 0 Å². The minimum absolute atomic E-state index is 0.365. The summed E-state index contributed by atoms with van der Waals surface area (Å²) in [6.07, 6.45) is 4.26. The van der Waals surface area contributed by atoms with Crippen molar-refractivity contribution in [3.63, 3.8) is 0 Å². The zero-order valence-corrected chi connectivity index (χ0v) is 12.5. The molecule has 2 N–H and O–H groups in total. The Morgan fingerprint density at radius 3 is 2.84 bits per heavy atom. The molecule has 1 saturated heterocycles. The second kappa shape index (κ2) is 6.41. The van der Waals surface area contributed by atoms with Crippen LogP contribution in [0.5, 0.6) is 0 Å². The number of thiocarbonyl (C=S) groups is 1. The lowest BCUT2D eigenvalue weighted by molar-refractivity contribution is 0.139. The zero-order valence-electron chi connectivity index (χ0n) is 11.7. The molecule has 5 heteroatoms. The third-order valence-electron chi connectivity index (χ3n) is 3.82. The molecule has 1 fully saturated rings. The maximum Gasteiger partial charge on any atom is 0.122 e. The van der Waals surface area contributed by atoms with E-state index in [-0.39, 0.29) is 0 Å². The van der Waals surface area contributed by atoms with Gasteiger partial charge in [0.2, 0.25) is 0 Å². The molecule has 0 spiro atoms. The lowest BCUT2D eigenvalue weighted by Gasteiger charge is -2.35. The molecule has 1 aliphatic heterocycles. The Kier molecular flexibility index (Phi) is 4.85. The first-order chi connectivity index (χ1) is 9.06. The molecule has 0 bridgehead atoms. The Labute approximate surface area is 120 Å². The summed E-state index contributed by atoms with van der Waals surface area (Å²) in [5.41, 5.74) is 7.56. The highest BCUT2D eigenvalue weighted by atomic mass is 32.1. The standard InChI is InChI=1S/C14H22N4S/c1-17-7-4-12(5-8-17)18(2)10-11-3-6-16-13(9-11)14(15)19/h3,6,9,12H,4-5,7-8,10H2,1-2H3,(H2,15,19). The average molecular weight is 278 g/mol. The number of nitrogens with zero attached hydrogens (tertiary/aromatic N) is 3. The zero-order chi connectivity index (χ0) is 13.8. The van der Waals surface area contributed by atoms with Gasteiger partial charge < -0.3 is 10.6 Å². The van der Waals surface area contributed by atoms with E-state index < -0.39 is 0 Å². The highest BCUT2D eigenvalue weighted by Gasteiger charge is 2.20. The van der Waals surface area contributed by atoms with Crippen LogP contribution in [0.25, 0.3) is 0 Å². The molecule has 104 valence electrons. The fraction of sp³-hybridized carbons (Fsp3) is 0.571. The molecule has 4 nitrogen and oxygen atoms in total. The lowest BCUT2D eigenvalue weighted by Crippen LogP contribution is -2.41. The van der Waals surface area contributed by atoms with Crippen molar-refractivity contribution < 1.29 is 0 Å². The summed E-state index contributed by atoms with van der Waals surface area (Å²) in [5.74, 6) is 0. The number of pyridine rings is 1. The van der Waals surface area contributed by atoms with E-state index >= 15 is 0 Å². The van der Waals surface area contributed by atoms with Crippen molar-refractivity contribution >= 4 is 17.2 Å². The highest BCUT2D eigenvalue weighted by Crippen LogP contribution is 2.16. The molecule has 2 rings (SSSR count). The number of hydrogen-bond donors (Lipinski definition) is 1. The van der Waals surface area contributed by atoms with Gasteiger partial charge in [-0.3, -0.25) is 9.88 Å². The van der Waals surface area contributed by atoms with Crippen LogP contribution in [0.3, 0.4) is 0 Å². The highest BCUT2D eigenvalue weighted by molar-refractivity contribution is 7.80. The van der Waals surface area contributed by atoms with Crippen molar-refractivity contribution in [1.82, 2.24) is 14.8 Å². The maximum absolute atomic E-state index is 5.62. The molecule has 2 heterocycles. The molecule has 1 aliphatic rings. The third-order valence-corrected chi connectivity index (χ3v) is 4.03. The van der Waals surface area contributed by atoms with Crippen molar-refractivity contribution in [2.24, 2.45) is 5.73 Å². The van der Waals surface area contributed by atoms with Crippen molar-refractivity contribution in [1.29, 1.82) is 0 Å². The summed E-state index contributed by atoms with van der Waals surface area (Å²) in [7, 11) is 4.38. The molecule has 0 aromatic carbocycles. The van der Waals surface area contributed by atoms with Crippen LogP contribution in [0.1, 0.15) is 24.1 Å². The predicted molar refractivity (Wildman–Crippen MR) is 82.1 cm³/mol. The molecule has 1 aromatic rings. The first-order valence-corrected chi connectivity index (χ1v) is 7.10. The van der Waals surface area contributed by atoms with E-state index in [2.05, 4.69) is 28.9 Å². The molecule has 19 heavy (non-hydrogen) atoms. The minimum Gasteiger partial charge on any atom is -0.388 e. The third kappa shape index (κ3) is 3.96. The Hall–Kier alpha value is -1.04. The predicted octanol–water partition coefficient (Wildman–Crippen LogP) is 1.24. The van der Waals surface area contributed by atoms with Crippen molar-refractivity contribution in [3.8, 4) is 0 Å². The molecule has 1 aromatic heterocycles. The maximum atomic E-state index is 5.62. The SMILES string of the molecule is CN1CCC(N(C)Cc2ccnc(C(N)=S)c2)CC1. The number of likely N-dealkylation sites (tertiary alicyclic amines) is 1. The number of aromatic nitrogens is 1. The van der Waals surface area contributed by atoms with E-state index in [0.717, 1.165) is 6.54 Å². The van der Waals surface area contributed by atoms with E-state index in [9.17, 15) is 0 Å². The number of rotatable bonds is 4. The van der Waals surface area contributed by atoms with Gasteiger partial charge in [0.1, 0.15) is 4.99 Å². The van der Waals surface area contributed by atoms with Gasteiger partial charge in [0.05, 0.1) is 5.69 Å². The minimum atomic E-state index is 0.365. The van der Waals surface area contributed by atoms with Gasteiger partial charge in [-0.1, -0.05) is 12.2 Å². The smallest absolute Gasteiger partial charge is 0.122 e. The van der Waals surface area contributed by atoms with Gasteiger partial charge in [0.25, 0.3) is 0 Å². The van der Waals surface area contributed by atoms with Crippen LogP contribution < -0.4 is 5.73 Å². The quantitative estimate of drug-likeness (QED) is 0.840. The number of nitrogens with two attached hydrogens (primary N) is 1. The second-order valence-corrected chi connectivity index (χ2v) is 5.80. The molecule has 0 radical (unpaired) electrons. The molecular weight excluding hydrogens is 256 g/mol. The van der Waals surface area contributed by atoms with E-state index in [1.54, 1.807) is 6.20 Å². The largest absolute Gasteiger partial charge is 0.388 e. The van der Waals surface area contributed by atoms with Crippen LogP contribution >= 0.6 is 12.2 Å². The Bertz CT molecular complexity index is 441. The average Bonchev–Trinajstić information content (AvgIpc) is 2.39. The molecule has 0 aliphatic carbocycles. The van der Waals surface area contributed by atoms with E-state index in [1.807, 2.05) is 12.1 Å². The topological polar surface area (TPSA) is 45.4 Å². The van der Waals surface area contributed by atoms with Crippen molar-refractivity contribution in [3.05, 3.63) is 29.6 Å². The van der Waals surface area contributed by atoms with Crippen LogP contribution in [-0.2, 0) is 6.54 Å². The van der Waals surface area contributed by atoms with Crippen molar-refractivity contribution in [2.75, 3.05) is 27.2 Å². The van der Waals surface area contributed by atoms with Gasteiger partial charge in [-0.2, -0.15) is 0 Å². The van der Waals surface area contributed by atoms with Crippen LogP contribution in [-0.4, -0.2) is 53.0 Å². The number of hydrogen-bond acceptors (Lipinski definition) is 4. The van der Waals surface area contributed by atoms with Crippen LogP contribution in [0.2, 0.25) is 0 Å².